The molecule has 0 amide bonds. The predicted octanol–water partition coefficient (Wildman–Crippen LogP) is 4.43. The zero-order chi connectivity index (χ0) is 16.0. The van der Waals surface area contributed by atoms with Gasteiger partial charge in [-0.3, -0.25) is 0 Å². The summed E-state index contributed by atoms with van der Waals surface area (Å²) in [6.07, 6.45) is 3.13. The van der Waals surface area contributed by atoms with E-state index in [4.69, 9.17) is 4.74 Å². The second kappa shape index (κ2) is 7.79. The molecule has 0 heterocycles. The number of hydrogen-bond acceptors (Lipinski definition) is 2. The van der Waals surface area contributed by atoms with Crippen LogP contribution in [0.5, 0.6) is 5.75 Å². The highest BCUT2D eigenvalue weighted by atomic mass is 19.1. The van der Waals surface area contributed by atoms with E-state index in [1.54, 1.807) is 12.1 Å². The van der Waals surface area contributed by atoms with Crippen molar-refractivity contribution in [3.8, 4) is 5.75 Å². The number of methoxy groups -OCH3 is 1. The van der Waals surface area contributed by atoms with Gasteiger partial charge in [-0.2, -0.15) is 0 Å². The molecule has 1 N–H and O–H groups in total. The zero-order valence-corrected chi connectivity index (χ0v) is 14.3. The van der Waals surface area contributed by atoms with Crippen molar-refractivity contribution < 1.29 is 9.13 Å². The molecule has 0 aliphatic rings. The Morgan fingerprint density at radius 2 is 1.95 bits per heavy atom. The quantitative estimate of drug-likeness (QED) is 0.803. The molecule has 0 bridgehead atoms. The van der Waals surface area contributed by atoms with Crippen LogP contribution in [-0.4, -0.2) is 20.2 Å². The van der Waals surface area contributed by atoms with E-state index in [1.165, 1.54) is 13.5 Å². The van der Waals surface area contributed by atoms with Crippen molar-refractivity contribution in [1.82, 2.24) is 5.32 Å². The van der Waals surface area contributed by atoms with Gasteiger partial charge in [0.15, 0.2) is 11.6 Å². The highest BCUT2D eigenvalue weighted by molar-refractivity contribution is 5.29. The van der Waals surface area contributed by atoms with Crippen LogP contribution in [0.2, 0.25) is 0 Å². The average Bonchev–Trinajstić information content (AvgIpc) is 2.36. The summed E-state index contributed by atoms with van der Waals surface area (Å²) >= 11 is 0. The third kappa shape index (κ3) is 6.47. The van der Waals surface area contributed by atoms with Crippen molar-refractivity contribution in [3.05, 3.63) is 29.6 Å². The summed E-state index contributed by atoms with van der Waals surface area (Å²) in [5.41, 5.74) is 1.36. The van der Waals surface area contributed by atoms with Gasteiger partial charge in [-0.15, -0.1) is 0 Å². The highest BCUT2D eigenvalue weighted by Crippen LogP contribution is 2.27. The Balaban J connectivity index is 2.63. The fourth-order valence-electron chi connectivity index (χ4n) is 3.04. The number of likely N-dealkylation sites (N-methyl/N-ethyl adjacent to an activating group) is 1. The molecule has 3 heteroatoms. The fourth-order valence-corrected chi connectivity index (χ4v) is 3.04. The number of rotatable bonds is 7. The Morgan fingerprint density at radius 3 is 2.43 bits per heavy atom. The Bertz CT molecular complexity index is 439. The summed E-state index contributed by atoms with van der Waals surface area (Å²) in [5.74, 6) is 0.666. The first-order valence-electron chi connectivity index (χ1n) is 7.75. The topological polar surface area (TPSA) is 21.3 Å². The molecule has 21 heavy (non-hydrogen) atoms. The van der Waals surface area contributed by atoms with Crippen LogP contribution in [0.25, 0.3) is 0 Å². The lowest BCUT2D eigenvalue weighted by atomic mass is 9.82. The second-order valence-electron chi connectivity index (χ2n) is 7.26. The molecule has 2 atom stereocenters. The lowest BCUT2D eigenvalue weighted by Gasteiger charge is -2.26. The standard InChI is InChI=1S/C18H30FNO/c1-13(12-18(2,3)4)9-15(20-5)10-14-7-8-17(21-6)16(19)11-14/h7-8,11,13,15,20H,9-10,12H2,1-6H3. The first-order valence-corrected chi connectivity index (χ1v) is 7.75. The molecule has 1 aromatic carbocycles. The lowest BCUT2D eigenvalue weighted by Crippen LogP contribution is -2.30. The van der Waals surface area contributed by atoms with Crippen LogP contribution in [0.1, 0.15) is 46.1 Å². The maximum Gasteiger partial charge on any atom is 0.165 e. The van der Waals surface area contributed by atoms with Crippen LogP contribution in [0.3, 0.4) is 0 Å². The van der Waals surface area contributed by atoms with E-state index in [9.17, 15) is 4.39 Å². The van der Waals surface area contributed by atoms with E-state index in [1.807, 2.05) is 13.1 Å². The minimum atomic E-state index is -0.285. The highest BCUT2D eigenvalue weighted by Gasteiger charge is 2.19. The molecule has 0 aliphatic carbocycles. The Hall–Kier alpha value is -1.09. The zero-order valence-electron chi connectivity index (χ0n) is 14.3. The summed E-state index contributed by atoms with van der Waals surface area (Å²) in [6.45, 7) is 9.12. The predicted molar refractivity (Wildman–Crippen MR) is 87.4 cm³/mol. The van der Waals surface area contributed by atoms with Crippen LogP contribution in [-0.2, 0) is 6.42 Å². The number of ether oxygens (including phenoxy) is 1. The fraction of sp³-hybridized carbons (Fsp3) is 0.667. The van der Waals surface area contributed by atoms with Crippen molar-refractivity contribution >= 4 is 0 Å². The van der Waals surface area contributed by atoms with Gasteiger partial charge in [0.1, 0.15) is 0 Å². The van der Waals surface area contributed by atoms with Crippen LogP contribution in [0.15, 0.2) is 18.2 Å². The van der Waals surface area contributed by atoms with Crippen molar-refractivity contribution in [2.75, 3.05) is 14.2 Å². The van der Waals surface area contributed by atoms with Gasteiger partial charge in [0.2, 0.25) is 0 Å². The molecule has 0 aromatic heterocycles. The molecule has 0 radical (unpaired) electrons. The molecule has 1 rings (SSSR count). The normalized spacial score (nSPS) is 14.8. The molecular formula is C18H30FNO. The van der Waals surface area contributed by atoms with Gasteiger partial charge in [0.05, 0.1) is 7.11 Å². The van der Waals surface area contributed by atoms with Gasteiger partial charge >= 0.3 is 0 Å². The summed E-state index contributed by atoms with van der Waals surface area (Å²) in [4.78, 5) is 0. The molecule has 0 aliphatic heterocycles. The van der Waals surface area contributed by atoms with Crippen molar-refractivity contribution in [1.29, 1.82) is 0 Å². The third-order valence-corrected chi connectivity index (χ3v) is 3.75. The van der Waals surface area contributed by atoms with E-state index < -0.39 is 0 Å². The smallest absolute Gasteiger partial charge is 0.165 e. The summed E-state index contributed by atoms with van der Waals surface area (Å²) in [5, 5.41) is 3.36. The maximum atomic E-state index is 13.7. The number of nitrogens with one attached hydrogen (secondary N) is 1. The number of halogens is 1. The van der Waals surface area contributed by atoms with Gasteiger partial charge in [-0.1, -0.05) is 33.8 Å². The minimum Gasteiger partial charge on any atom is -0.494 e. The van der Waals surface area contributed by atoms with Gasteiger partial charge in [-0.05, 0) is 55.3 Å². The monoisotopic (exact) mass is 295 g/mol. The van der Waals surface area contributed by atoms with Crippen molar-refractivity contribution in [2.45, 2.75) is 53.0 Å². The number of hydrogen-bond donors (Lipinski definition) is 1. The molecule has 1 aromatic rings. The Morgan fingerprint density at radius 1 is 1.29 bits per heavy atom. The molecule has 120 valence electrons. The Labute approximate surface area is 129 Å². The first kappa shape index (κ1) is 18.0. The van der Waals surface area contributed by atoms with E-state index in [2.05, 4.69) is 33.0 Å². The average molecular weight is 295 g/mol. The van der Waals surface area contributed by atoms with E-state index in [0.717, 1.165) is 18.4 Å². The van der Waals surface area contributed by atoms with Crippen LogP contribution in [0, 0.1) is 17.2 Å². The van der Waals surface area contributed by atoms with E-state index >= 15 is 0 Å². The molecule has 0 spiro atoms. The molecule has 2 unspecified atom stereocenters. The van der Waals surface area contributed by atoms with Gasteiger partial charge in [-0.25, -0.2) is 4.39 Å². The number of benzene rings is 1. The summed E-state index contributed by atoms with van der Waals surface area (Å²) in [6, 6.07) is 5.60. The van der Waals surface area contributed by atoms with Crippen LogP contribution >= 0.6 is 0 Å². The largest absolute Gasteiger partial charge is 0.494 e. The van der Waals surface area contributed by atoms with E-state index in [-0.39, 0.29) is 5.82 Å². The van der Waals surface area contributed by atoms with Gasteiger partial charge in [0, 0.05) is 6.04 Å². The molecule has 0 fully saturated rings. The molecular weight excluding hydrogens is 265 g/mol. The van der Waals surface area contributed by atoms with Crippen LogP contribution in [0.4, 0.5) is 4.39 Å². The summed E-state index contributed by atoms with van der Waals surface area (Å²) < 4.78 is 18.7. The summed E-state index contributed by atoms with van der Waals surface area (Å²) in [7, 11) is 3.47. The van der Waals surface area contributed by atoms with E-state index in [0.29, 0.717) is 23.1 Å². The van der Waals surface area contributed by atoms with Crippen molar-refractivity contribution in [2.24, 2.45) is 11.3 Å². The van der Waals surface area contributed by atoms with Gasteiger partial charge in [0.25, 0.3) is 0 Å². The molecule has 2 nitrogen and oxygen atoms in total. The molecule has 0 saturated heterocycles. The maximum absolute atomic E-state index is 13.7. The third-order valence-electron chi connectivity index (χ3n) is 3.75. The molecule has 0 saturated carbocycles. The SMILES string of the molecule is CNC(Cc1ccc(OC)c(F)c1)CC(C)CC(C)(C)C. The van der Waals surface area contributed by atoms with Crippen LogP contribution < -0.4 is 10.1 Å². The van der Waals surface area contributed by atoms with Crippen molar-refractivity contribution in [3.63, 3.8) is 0 Å². The lowest BCUT2D eigenvalue weighted by molar-refractivity contribution is 0.277. The Kier molecular flexibility index (Phi) is 6.66. The van der Waals surface area contributed by atoms with Gasteiger partial charge < -0.3 is 10.1 Å². The first-order chi connectivity index (χ1) is 9.75. The second-order valence-corrected chi connectivity index (χ2v) is 7.26. The minimum absolute atomic E-state index is 0.285.